The predicted octanol–water partition coefficient (Wildman–Crippen LogP) is 23.8. The summed E-state index contributed by atoms with van der Waals surface area (Å²) in [6, 6.07) is 81.8. The quantitative estimate of drug-likeness (QED) is 0.0650. The number of hydrogen-bond donors (Lipinski definition) is 0. The van der Waals surface area contributed by atoms with Crippen LogP contribution in [0.4, 0.5) is 0 Å². The Balaban J connectivity index is 0.761. The van der Waals surface area contributed by atoms with E-state index in [9.17, 15) is 0 Å². The number of benzene rings is 12. The molecule has 0 bridgehead atoms. The molecule has 12 aromatic carbocycles. The largest absolute Gasteiger partial charge is 0.208 e. The fourth-order valence-corrected chi connectivity index (χ4v) is 17.4. The highest BCUT2D eigenvalue weighted by atomic mass is 127. The fourth-order valence-electron chi connectivity index (χ4n) is 14.0. The summed E-state index contributed by atoms with van der Waals surface area (Å²) in [5, 5.41) is 14.9. The number of fused-ring (bicyclic) bond motifs is 12. The lowest BCUT2D eigenvalue weighted by atomic mass is 9.87. The van der Waals surface area contributed by atoms with E-state index in [1.54, 1.807) is 6.08 Å². The highest BCUT2D eigenvalue weighted by Gasteiger charge is 2.22. The Kier molecular flexibility index (Phi) is 16.5. The molecule has 0 radical (unpaired) electrons. The zero-order chi connectivity index (χ0) is 66.3. The van der Waals surface area contributed by atoms with Gasteiger partial charge in [0.1, 0.15) is 0 Å². The van der Waals surface area contributed by atoms with Gasteiger partial charge in [-0.1, -0.05) is 281 Å². The van der Waals surface area contributed by atoms with Gasteiger partial charge >= 0.3 is 0 Å². The maximum Gasteiger partial charge on any atom is 0.164 e. The van der Waals surface area contributed by atoms with Crippen LogP contribution in [0.5, 0.6) is 0 Å². The third-order valence-corrected chi connectivity index (χ3v) is 22.9. The summed E-state index contributed by atoms with van der Waals surface area (Å²) in [7, 11) is 0. The van der Waals surface area contributed by atoms with Crippen LogP contribution in [-0.4, -0.2) is 42.4 Å². The smallest absolute Gasteiger partial charge is 0.164 e. The van der Waals surface area contributed by atoms with Crippen molar-refractivity contribution >= 4 is 139 Å². The third-order valence-electron chi connectivity index (χ3n) is 18.8. The highest BCUT2D eigenvalue weighted by molar-refractivity contribution is 14.2. The van der Waals surface area contributed by atoms with Crippen molar-refractivity contribution in [1.29, 1.82) is 0 Å². The standard InChI is InChI=1S/C91H62I2N6/c1-4-19-59(20-5-2)86-94-87(99-91(98-86)82-36-15-6-27-70(82)66-24-17-23-63(53-66)65-40-43-80-76-32-9-7-28-72(76)74-30-11-13-34-78(74)84(80)56-65)60-22-16-21-58(37-38-60)64-39-42-71(68-41-44-81-77-33-10-8-29-73(77)75-31-12-14-35-79(75)85(81)57-68)83(55-64)67-25-18-26-69(54-67)90-96-88(61-45-49-92-50-46-61)95-89(97-90)62-47-51-93(3)52-48-62/h4-58H,1,3H2,2H3/b20-5-,59-19+. The SMILES string of the molecule is C=C/C=C(\C=C/C)c1nc(C2=CC=CC(c3ccc(-c4ccc5c6ccccc6c6ccccc6c5c4)c(-c4cccc(-c5nc(C6=CC=IC=C6)nc(C6=CC=I(=C)C=C6)n5)c4)c3)C=C2)nc(-c2ccccc2-c2cccc(-c3ccc4c5ccccc5c5ccccc5c4c3)c2)n1. The molecule has 6 nitrogen and oxygen atoms in total. The summed E-state index contributed by atoms with van der Waals surface area (Å²) in [5.74, 6) is 3.48. The Morgan fingerprint density at radius 2 is 0.899 bits per heavy atom. The molecule has 14 aromatic rings. The van der Waals surface area contributed by atoms with Crippen LogP contribution in [0.1, 0.15) is 41.7 Å². The van der Waals surface area contributed by atoms with E-state index in [1.807, 2.05) is 25.2 Å². The lowest BCUT2D eigenvalue weighted by Crippen LogP contribution is -2.05. The Labute approximate surface area is 591 Å². The van der Waals surface area contributed by atoms with E-state index in [0.29, 0.717) is 34.9 Å². The number of halogens is 2. The molecule has 0 saturated carbocycles. The van der Waals surface area contributed by atoms with Crippen LogP contribution in [0.15, 0.2) is 318 Å². The number of nitrogens with zero attached hydrogens (tertiary/aromatic N) is 6. The summed E-state index contributed by atoms with van der Waals surface area (Å²) in [4.78, 5) is 31.5. The minimum absolute atomic E-state index is 0.116. The highest BCUT2D eigenvalue weighted by Crippen LogP contribution is 2.44. The second-order valence-electron chi connectivity index (χ2n) is 24.7. The van der Waals surface area contributed by atoms with Crippen molar-refractivity contribution < 1.29 is 0 Å². The van der Waals surface area contributed by atoms with Crippen LogP contribution in [0.25, 0.3) is 154 Å². The Bertz CT molecular complexity index is 6110. The maximum absolute atomic E-state index is 5.40. The maximum atomic E-state index is 5.40. The van der Waals surface area contributed by atoms with E-state index in [1.165, 1.54) is 64.6 Å². The second kappa shape index (κ2) is 26.6. The zero-order valence-corrected chi connectivity index (χ0v) is 58.4. The average molecular weight is 1490 g/mol. The molecule has 0 fully saturated rings. The second-order valence-corrected chi connectivity index (χ2v) is 30.8. The summed E-state index contributed by atoms with van der Waals surface area (Å²) in [6.07, 6.45) is 27.3. The fraction of sp³-hybridized carbons (Fsp3) is 0.0220. The van der Waals surface area contributed by atoms with Crippen molar-refractivity contribution in [1.82, 2.24) is 29.9 Å². The van der Waals surface area contributed by atoms with Crippen LogP contribution in [0.2, 0.25) is 0 Å². The molecule has 1 atom stereocenters. The van der Waals surface area contributed by atoms with E-state index in [-0.39, 0.29) is 26.6 Å². The van der Waals surface area contributed by atoms with Crippen LogP contribution in [0.3, 0.4) is 0 Å². The molecular weight excluding hydrogens is 1430 g/mol. The first-order chi connectivity index (χ1) is 48.9. The summed E-state index contributed by atoms with van der Waals surface area (Å²) in [6.45, 7) is 6.10. The molecule has 1 unspecified atom stereocenters. The van der Waals surface area contributed by atoms with Crippen molar-refractivity contribution in [3.8, 4) is 67.3 Å². The van der Waals surface area contributed by atoms with Crippen molar-refractivity contribution in [2.24, 2.45) is 0 Å². The molecule has 1 aliphatic carbocycles. The van der Waals surface area contributed by atoms with Crippen LogP contribution >= 0.6 is 39.6 Å². The van der Waals surface area contributed by atoms with Crippen molar-refractivity contribution in [2.45, 2.75) is 12.8 Å². The molecule has 0 spiro atoms. The monoisotopic (exact) mass is 1490 g/mol. The first kappa shape index (κ1) is 61.3. The molecular formula is C91H62I2N6. The first-order valence-corrected chi connectivity index (χ1v) is 39.6. The Morgan fingerprint density at radius 3 is 1.53 bits per heavy atom. The van der Waals surface area contributed by atoms with E-state index >= 15 is 0 Å². The molecule has 2 aromatic heterocycles. The normalized spacial score (nSPS) is 14.8. The van der Waals surface area contributed by atoms with Gasteiger partial charge in [-0.05, 0) is 192 Å². The minimum atomic E-state index is -1.50. The molecule has 17 rings (SSSR count). The van der Waals surface area contributed by atoms with Gasteiger partial charge in [0.15, 0.2) is 34.9 Å². The molecule has 0 N–H and O–H groups in total. The molecule has 8 heteroatoms. The van der Waals surface area contributed by atoms with E-state index in [4.69, 9.17) is 29.9 Å². The van der Waals surface area contributed by atoms with Gasteiger partial charge < -0.3 is 0 Å². The summed E-state index contributed by atoms with van der Waals surface area (Å²) in [5.41, 5.74) is 15.2. The molecule has 470 valence electrons. The molecule has 2 aliphatic heterocycles. The van der Waals surface area contributed by atoms with E-state index < -0.39 is 18.9 Å². The molecule has 0 amide bonds. The number of aromatic nitrogens is 6. The molecule has 99 heavy (non-hydrogen) atoms. The predicted molar refractivity (Wildman–Crippen MR) is 441 cm³/mol. The summed E-state index contributed by atoms with van der Waals surface area (Å²) >= 11 is -1.64. The minimum Gasteiger partial charge on any atom is -0.208 e. The lowest BCUT2D eigenvalue weighted by molar-refractivity contribution is 1.00. The van der Waals surface area contributed by atoms with Gasteiger partial charge in [0.05, 0.1) is 0 Å². The third kappa shape index (κ3) is 11.8. The van der Waals surface area contributed by atoms with Crippen molar-refractivity contribution in [2.75, 3.05) is 0 Å². The van der Waals surface area contributed by atoms with Crippen molar-refractivity contribution in [3.63, 3.8) is 0 Å². The van der Waals surface area contributed by atoms with Crippen LogP contribution in [-0.2, 0) is 0 Å². The average Bonchev–Trinajstić information content (AvgIpc) is 0.781. The van der Waals surface area contributed by atoms with Gasteiger partial charge in [0, 0.05) is 39.3 Å². The molecule has 4 heterocycles. The van der Waals surface area contributed by atoms with E-state index in [0.717, 1.165) is 83.5 Å². The Morgan fingerprint density at radius 1 is 0.404 bits per heavy atom. The molecule has 0 saturated heterocycles. The Hall–Kier alpha value is -11.3. The van der Waals surface area contributed by atoms with Gasteiger partial charge in [0.25, 0.3) is 0 Å². The molecule has 3 aliphatic rings. The van der Waals surface area contributed by atoms with Crippen molar-refractivity contribution in [3.05, 3.63) is 347 Å². The van der Waals surface area contributed by atoms with Gasteiger partial charge in [-0.3, -0.25) is 0 Å². The van der Waals surface area contributed by atoms with E-state index in [2.05, 4.69) is 306 Å². The van der Waals surface area contributed by atoms with Gasteiger partial charge in [-0.25, -0.2) is 29.9 Å². The van der Waals surface area contributed by atoms with Gasteiger partial charge in [0.2, 0.25) is 0 Å². The topological polar surface area (TPSA) is 77.3 Å². The number of hydrogen-bond acceptors (Lipinski definition) is 6. The summed E-state index contributed by atoms with van der Waals surface area (Å²) < 4.78 is 13.4. The van der Waals surface area contributed by atoms with Crippen LogP contribution < -0.4 is 0 Å². The number of allylic oxidation sites excluding steroid dienone is 17. The van der Waals surface area contributed by atoms with Gasteiger partial charge in [-0.15, -0.1) is 18.9 Å². The number of rotatable bonds is 13. The first-order valence-electron chi connectivity index (χ1n) is 33.1. The van der Waals surface area contributed by atoms with Crippen LogP contribution in [0, 0.1) is 0 Å². The van der Waals surface area contributed by atoms with Gasteiger partial charge in [-0.2, -0.15) is 0 Å². The lowest BCUT2D eigenvalue weighted by Gasteiger charge is -2.18. The zero-order valence-electron chi connectivity index (χ0n) is 54.1.